The summed E-state index contributed by atoms with van der Waals surface area (Å²) in [5, 5.41) is 0. The number of aryl methyl sites for hydroxylation is 1. The van der Waals surface area contributed by atoms with Crippen molar-refractivity contribution in [1.29, 1.82) is 0 Å². The minimum Gasteiger partial charge on any atom is -0.487 e. The number of hydrogen-bond acceptors (Lipinski definition) is 4. The largest absolute Gasteiger partial charge is 0.487 e. The predicted octanol–water partition coefficient (Wildman–Crippen LogP) is 3.23. The van der Waals surface area contributed by atoms with Gasteiger partial charge in [-0.3, -0.25) is 9.69 Å². The van der Waals surface area contributed by atoms with Gasteiger partial charge in [0.25, 0.3) is 0 Å². The van der Waals surface area contributed by atoms with Crippen LogP contribution >= 0.6 is 0 Å². The van der Waals surface area contributed by atoms with Gasteiger partial charge in [-0.15, -0.1) is 0 Å². The van der Waals surface area contributed by atoms with Crippen molar-refractivity contribution in [3.63, 3.8) is 0 Å². The molecule has 0 unspecified atom stereocenters. The van der Waals surface area contributed by atoms with Crippen molar-refractivity contribution in [3.8, 4) is 5.75 Å². The average molecular weight is 353 g/mol. The van der Waals surface area contributed by atoms with Crippen LogP contribution in [0.15, 0.2) is 30.6 Å². The number of imidazole rings is 1. The van der Waals surface area contributed by atoms with Gasteiger partial charge in [0.05, 0.1) is 0 Å². The summed E-state index contributed by atoms with van der Waals surface area (Å²) in [4.78, 5) is 19.4. The van der Waals surface area contributed by atoms with Crippen molar-refractivity contribution in [1.82, 2.24) is 14.5 Å². The van der Waals surface area contributed by atoms with Gasteiger partial charge in [-0.05, 0) is 50.4 Å². The molecule has 0 bridgehead atoms. The Hall–Kier alpha value is -2.14. The van der Waals surface area contributed by atoms with Gasteiger partial charge in [0, 0.05) is 44.9 Å². The summed E-state index contributed by atoms with van der Waals surface area (Å²) in [6.07, 6.45) is 6.50. The molecule has 26 heavy (non-hydrogen) atoms. The predicted molar refractivity (Wildman–Crippen MR) is 100 cm³/mol. The molecule has 138 valence electrons. The molecule has 0 saturated carbocycles. The number of ether oxygens (including phenoxy) is 1. The zero-order valence-electron chi connectivity index (χ0n) is 15.9. The molecule has 1 aromatic carbocycles. The standard InChI is InChI=1S/C21H27N3O2/c1-21(2)12-17-11-15(6-7-18(17)26-21)13-24-9-4-5-16(14-24)19(25)20-22-8-10-23(20)3/h6-8,10-11,16H,4-5,9,12-14H2,1-3H3/t16-/m1/s1. The molecule has 2 aromatic rings. The summed E-state index contributed by atoms with van der Waals surface area (Å²) >= 11 is 0. The zero-order valence-corrected chi connectivity index (χ0v) is 15.9. The van der Waals surface area contributed by atoms with Crippen LogP contribution in [0.1, 0.15) is 48.4 Å². The lowest BCUT2D eigenvalue weighted by atomic mass is 9.92. The lowest BCUT2D eigenvalue weighted by Gasteiger charge is -2.31. The number of hydrogen-bond donors (Lipinski definition) is 0. The molecule has 4 rings (SSSR count). The number of aromatic nitrogens is 2. The Morgan fingerprint density at radius 3 is 3.00 bits per heavy atom. The van der Waals surface area contributed by atoms with Gasteiger partial charge in [-0.25, -0.2) is 4.98 Å². The van der Waals surface area contributed by atoms with Crippen molar-refractivity contribution in [2.24, 2.45) is 13.0 Å². The van der Waals surface area contributed by atoms with Gasteiger partial charge in [-0.2, -0.15) is 0 Å². The summed E-state index contributed by atoms with van der Waals surface area (Å²) in [5.74, 6) is 1.81. The van der Waals surface area contributed by atoms with E-state index in [1.54, 1.807) is 6.20 Å². The van der Waals surface area contributed by atoms with E-state index in [-0.39, 0.29) is 17.3 Å². The minimum atomic E-state index is -0.105. The zero-order chi connectivity index (χ0) is 18.3. The highest BCUT2D eigenvalue weighted by Gasteiger charge is 2.31. The van der Waals surface area contributed by atoms with Gasteiger partial charge in [0.15, 0.2) is 5.82 Å². The number of ketones is 1. The van der Waals surface area contributed by atoms with Crippen LogP contribution in [-0.2, 0) is 20.0 Å². The fourth-order valence-corrected chi connectivity index (χ4v) is 4.22. The van der Waals surface area contributed by atoms with E-state index in [0.29, 0.717) is 5.82 Å². The van der Waals surface area contributed by atoms with E-state index in [9.17, 15) is 4.79 Å². The third kappa shape index (κ3) is 3.40. The first-order valence-corrected chi connectivity index (χ1v) is 9.46. The lowest BCUT2D eigenvalue weighted by molar-refractivity contribution is 0.0797. The molecule has 2 aliphatic heterocycles. The third-order valence-electron chi connectivity index (χ3n) is 5.45. The number of Topliss-reactive ketones (excluding diaryl/α,β-unsaturated/α-hetero) is 1. The number of likely N-dealkylation sites (tertiary alicyclic amines) is 1. The molecule has 0 amide bonds. The lowest BCUT2D eigenvalue weighted by Crippen LogP contribution is -2.38. The van der Waals surface area contributed by atoms with Crippen molar-refractivity contribution in [3.05, 3.63) is 47.5 Å². The van der Waals surface area contributed by atoms with Gasteiger partial charge >= 0.3 is 0 Å². The molecule has 1 aromatic heterocycles. The smallest absolute Gasteiger partial charge is 0.202 e. The molecule has 0 aliphatic carbocycles. The first-order chi connectivity index (χ1) is 12.4. The van der Waals surface area contributed by atoms with Gasteiger partial charge in [-0.1, -0.05) is 12.1 Å². The monoisotopic (exact) mass is 353 g/mol. The van der Waals surface area contributed by atoms with Crippen molar-refractivity contribution in [2.45, 2.75) is 45.3 Å². The Balaban J connectivity index is 1.43. The highest BCUT2D eigenvalue weighted by atomic mass is 16.5. The number of carbonyl (C=O) groups is 1. The number of rotatable bonds is 4. The number of fused-ring (bicyclic) bond motifs is 1. The molecule has 2 aliphatic rings. The van der Waals surface area contributed by atoms with E-state index in [1.807, 2.05) is 17.8 Å². The van der Waals surface area contributed by atoms with Crippen LogP contribution in [0.25, 0.3) is 0 Å². The maximum atomic E-state index is 12.8. The average Bonchev–Trinajstić information content (AvgIpc) is 3.15. The molecule has 1 fully saturated rings. The van der Waals surface area contributed by atoms with Crippen LogP contribution in [0.3, 0.4) is 0 Å². The molecule has 1 atom stereocenters. The van der Waals surface area contributed by atoms with E-state index in [1.165, 1.54) is 11.1 Å². The van der Waals surface area contributed by atoms with Crippen LogP contribution < -0.4 is 4.74 Å². The van der Waals surface area contributed by atoms with Crippen molar-refractivity contribution < 1.29 is 9.53 Å². The van der Waals surface area contributed by atoms with Crippen LogP contribution in [0.4, 0.5) is 0 Å². The van der Waals surface area contributed by atoms with E-state index in [0.717, 1.165) is 44.6 Å². The van der Waals surface area contributed by atoms with Crippen LogP contribution in [0.5, 0.6) is 5.75 Å². The highest BCUT2D eigenvalue weighted by Crippen LogP contribution is 2.35. The first kappa shape index (κ1) is 17.3. The third-order valence-corrected chi connectivity index (χ3v) is 5.45. The minimum absolute atomic E-state index is 0.0431. The molecule has 0 radical (unpaired) electrons. The SMILES string of the molecule is Cn1ccnc1C(=O)[C@@H]1CCCN(Cc2ccc3c(c2)CC(C)(C)O3)C1. The van der Waals surface area contributed by atoms with E-state index < -0.39 is 0 Å². The fourth-order valence-electron chi connectivity index (χ4n) is 4.22. The summed E-state index contributed by atoms with van der Waals surface area (Å²) in [7, 11) is 1.88. The van der Waals surface area contributed by atoms with Gasteiger partial charge in [0.1, 0.15) is 11.4 Å². The normalized spacial score (nSPS) is 22.0. The van der Waals surface area contributed by atoms with Gasteiger partial charge in [0.2, 0.25) is 5.78 Å². The van der Waals surface area contributed by atoms with Crippen molar-refractivity contribution in [2.75, 3.05) is 13.1 Å². The molecule has 3 heterocycles. The topological polar surface area (TPSA) is 47.4 Å². The Morgan fingerprint density at radius 2 is 2.23 bits per heavy atom. The quantitative estimate of drug-likeness (QED) is 0.792. The van der Waals surface area contributed by atoms with E-state index in [4.69, 9.17) is 4.74 Å². The van der Waals surface area contributed by atoms with Crippen LogP contribution in [0.2, 0.25) is 0 Å². The first-order valence-electron chi connectivity index (χ1n) is 9.46. The Morgan fingerprint density at radius 1 is 1.38 bits per heavy atom. The summed E-state index contributed by atoms with van der Waals surface area (Å²) in [6, 6.07) is 6.53. The second-order valence-electron chi connectivity index (χ2n) is 8.28. The Labute approximate surface area is 155 Å². The van der Waals surface area contributed by atoms with Crippen LogP contribution in [0, 0.1) is 5.92 Å². The number of carbonyl (C=O) groups excluding carboxylic acids is 1. The second-order valence-corrected chi connectivity index (χ2v) is 8.28. The molecular formula is C21H27N3O2. The Kier molecular flexibility index (Phi) is 4.35. The molecule has 1 saturated heterocycles. The number of nitrogens with zero attached hydrogens (tertiary/aromatic N) is 3. The number of piperidine rings is 1. The van der Waals surface area contributed by atoms with E-state index >= 15 is 0 Å². The van der Waals surface area contributed by atoms with Crippen LogP contribution in [-0.4, -0.2) is 38.9 Å². The maximum Gasteiger partial charge on any atom is 0.202 e. The maximum absolute atomic E-state index is 12.8. The molecule has 5 heteroatoms. The summed E-state index contributed by atoms with van der Waals surface area (Å²) in [6.45, 7) is 7.00. The summed E-state index contributed by atoms with van der Waals surface area (Å²) < 4.78 is 7.80. The van der Waals surface area contributed by atoms with Gasteiger partial charge < -0.3 is 9.30 Å². The molecular weight excluding hydrogens is 326 g/mol. The molecule has 5 nitrogen and oxygen atoms in total. The highest BCUT2D eigenvalue weighted by molar-refractivity contribution is 5.94. The Bertz CT molecular complexity index is 824. The molecule has 0 spiro atoms. The summed E-state index contributed by atoms with van der Waals surface area (Å²) in [5.41, 5.74) is 2.49. The second kappa shape index (κ2) is 6.54. The van der Waals surface area contributed by atoms with Crippen molar-refractivity contribution >= 4 is 5.78 Å². The number of benzene rings is 1. The molecule has 0 N–H and O–H groups in total. The fraction of sp³-hybridized carbons (Fsp3) is 0.524. The van der Waals surface area contributed by atoms with E-state index in [2.05, 4.69) is 41.9 Å².